The van der Waals surface area contributed by atoms with Crippen molar-refractivity contribution in [1.29, 1.82) is 0 Å². The van der Waals surface area contributed by atoms with E-state index >= 15 is 0 Å². The van der Waals surface area contributed by atoms with E-state index in [1.54, 1.807) is 0 Å². The predicted octanol–water partition coefficient (Wildman–Crippen LogP) is 3.03. The van der Waals surface area contributed by atoms with Crippen molar-refractivity contribution in [3.63, 3.8) is 0 Å². The Labute approximate surface area is 140 Å². The molecule has 0 bridgehead atoms. The van der Waals surface area contributed by atoms with E-state index in [2.05, 4.69) is 10.6 Å². The van der Waals surface area contributed by atoms with Crippen LogP contribution in [0.5, 0.6) is 0 Å². The van der Waals surface area contributed by atoms with E-state index in [0.29, 0.717) is 18.7 Å². The molecule has 2 N–H and O–H groups in total. The van der Waals surface area contributed by atoms with Crippen LogP contribution >= 0.6 is 0 Å². The van der Waals surface area contributed by atoms with Crippen molar-refractivity contribution in [2.45, 2.75) is 19.9 Å². The highest BCUT2D eigenvalue weighted by Crippen LogP contribution is 2.39. The van der Waals surface area contributed by atoms with Gasteiger partial charge in [0.25, 0.3) is 0 Å². The minimum Gasteiger partial charge on any atom is -0.352 e. The average Bonchev–Trinajstić information content (AvgIpc) is 3.37. The summed E-state index contributed by atoms with van der Waals surface area (Å²) in [7, 11) is 0. The minimum atomic E-state index is -0.354. The summed E-state index contributed by atoms with van der Waals surface area (Å²) < 4.78 is 12.9. The summed E-state index contributed by atoms with van der Waals surface area (Å²) in [6, 6.07) is 13.4. The Kier molecular flexibility index (Phi) is 4.60. The van der Waals surface area contributed by atoms with Crippen molar-refractivity contribution < 1.29 is 14.0 Å². The van der Waals surface area contributed by atoms with Gasteiger partial charge in [0, 0.05) is 12.2 Å². The van der Waals surface area contributed by atoms with E-state index in [9.17, 15) is 14.0 Å². The number of amides is 2. The summed E-state index contributed by atoms with van der Waals surface area (Å²) in [6.45, 7) is 2.46. The molecule has 0 aromatic heterocycles. The number of aryl methyl sites for hydroxylation is 1. The molecule has 0 aliphatic heterocycles. The summed E-state index contributed by atoms with van der Waals surface area (Å²) in [4.78, 5) is 24.3. The number of carbonyl (C=O) groups excluding carboxylic acids is 2. The lowest BCUT2D eigenvalue weighted by atomic mass is 10.1. The van der Waals surface area contributed by atoms with Gasteiger partial charge in [0.05, 0.1) is 11.8 Å². The fraction of sp³-hybridized carbons (Fsp3) is 0.263. The standard InChI is InChI=1S/C19H19FN2O2/c1-12-4-2-3-5-13(12)11-21-18(23)16-10-17(16)19(24)22-15-8-6-14(20)7-9-15/h2-9,16-17H,10-11H2,1H3,(H,21,23)(H,22,24). The maximum atomic E-state index is 12.9. The van der Waals surface area contributed by atoms with Crippen molar-refractivity contribution in [1.82, 2.24) is 5.32 Å². The van der Waals surface area contributed by atoms with E-state index in [1.807, 2.05) is 31.2 Å². The molecule has 2 atom stereocenters. The fourth-order valence-electron chi connectivity index (χ4n) is 2.66. The largest absolute Gasteiger partial charge is 0.352 e. The average molecular weight is 326 g/mol. The van der Waals surface area contributed by atoms with Gasteiger partial charge in [-0.1, -0.05) is 24.3 Å². The molecule has 2 amide bonds. The normalized spacial score (nSPS) is 18.8. The van der Waals surface area contributed by atoms with Crippen LogP contribution in [-0.4, -0.2) is 11.8 Å². The summed E-state index contributed by atoms with van der Waals surface area (Å²) in [5.74, 6) is -1.25. The third-order valence-electron chi connectivity index (χ3n) is 4.29. The molecule has 3 rings (SSSR count). The van der Waals surface area contributed by atoms with Gasteiger partial charge in [-0.15, -0.1) is 0 Å². The molecule has 1 fully saturated rings. The van der Waals surface area contributed by atoms with Gasteiger partial charge < -0.3 is 10.6 Å². The quantitative estimate of drug-likeness (QED) is 0.887. The second-order valence-corrected chi connectivity index (χ2v) is 6.09. The van der Waals surface area contributed by atoms with Gasteiger partial charge in [0.15, 0.2) is 0 Å². The molecule has 1 saturated carbocycles. The molecule has 4 nitrogen and oxygen atoms in total. The van der Waals surface area contributed by atoms with Crippen LogP contribution in [0.1, 0.15) is 17.5 Å². The van der Waals surface area contributed by atoms with Gasteiger partial charge in [-0.05, 0) is 48.7 Å². The Bertz CT molecular complexity index is 758. The van der Waals surface area contributed by atoms with Crippen molar-refractivity contribution in [2.24, 2.45) is 11.8 Å². The molecule has 124 valence electrons. The Balaban J connectivity index is 1.49. The molecule has 0 spiro atoms. The molecule has 24 heavy (non-hydrogen) atoms. The highest BCUT2D eigenvalue weighted by Gasteiger charge is 2.47. The molecule has 1 aliphatic rings. The first-order valence-corrected chi connectivity index (χ1v) is 7.93. The third-order valence-corrected chi connectivity index (χ3v) is 4.29. The van der Waals surface area contributed by atoms with Crippen LogP contribution in [-0.2, 0) is 16.1 Å². The predicted molar refractivity (Wildman–Crippen MR) is 89.7 cm³/mol. The van der Waals surface area contributed by atoms with Gasteiger partial charge in [-0.2, -0.15) is 0 Å². The lowest BCUT2D eigenvalue weighted by Gasteiger charge is -2.08. The van der Waals surface area contributed by atoms with E-state index < -0.39 is 0 Å². The molecule has 2 aromatic rings. The van der Waals surface area contributed by atoms with Crippen molar-refractivity contribution in [3.8, 4) is 0 Å². The maximum Gasteiger partial charge on any atom is 0.228 e. The molecule has 2 unspecified atom stereocenters. The second-order valence-electron chi connectivity index (χ2n) is 6.09. The molecular formula is C19H19FN2O2. The third kappa shape index (κ3) is 3.79. The number of hydrogen-bond acceptors (Lipinski definition) is 2. The smallest absolute Gasteiger partial charge is 0.228 e. The maximum absolute atomic E-state index is 12.9. The molecule has 0 heterocycles. The Morgan fingerprint density at radius 1 is 1.04 bits per heavy atom. The SMILES string of the molecule is Cc1ccccc1CNC(=O)C1CC1C(=O)Nc1ccc(F)cc1. The number of halogens is 1. The van der Waals surface area contributed by atoms with E-state index in [0.717, 1.165) is 11.1 Å². The van der Waals surface area contributed by atoms with Gasteiger partial charge in [0.1, 0.15) is 5.82 Å². The molecule has 5 heteroatoms. The first-order chi connectivity index (χ1) is 11.5. The van der Waals surface area contributed by atoms with Crippen LogP contribution in [0.25, 0.3) is 0 Å². The molecule has 0 saturated heterocycles. The Hall–Kier alpha value is -2.69. The zero-order valence-corrected chi connectivity index (χ0v) is 13.4. The first-order valence-electron chi connectivity index (χ1n) is 7.93. The molecule has 2 aromatic carbocycles. The van der Waals surface area contributed by atoms with Gasteiger partial charge >= 0.3 is 0 Å². The van der Waals surface area contributed by atoms with Crippen LogP contribution < -0.4 is 10.6 Å². The summed E-state index contributed by atoms with van der Waals surface area (Å²) in [5.41, 5.74) is 2.73. The van der Waals surface area contributed by atoms with E-state index in [1.165, 1.54) is 24.3 Å². The van der Waals surface area contributed by atoms with Crippen LogP contribution in [0, 0.1) is 24.6 Å². The number of anilines is 1. The minimum absolute atomic E-state index is 0.0995. The fourth-order valence-corrected chi connectivity index (χ4v) is 2.66. The number of benzene rings is 2. The summed E-state index contributed by atoms with van der Waals surface area (Å²) >= 11 is 0. The first kappa shape index (κ1) is 16.2. The van der Waals surface area contributed by atoms with Crippen LogP contribution in [0.2, 0.25) is 0 Å². The number of carbonyl (C=O) groups is 2. The highest BCUT2D eigenvalue weighted by atomic mass is 19.1. The van der Waals surface area contributed by atoms with Crippen LogP contribution in [0.4, 0.5) is 10.1 Å². The van der Waals surface area contributed by atoms with Crippen LogP contribution in [0.15, 0.2) is 48.5 Å². The lowest BCUT2D eigenvalue weighted by molar-refractivity contribution is -0.125. The van der Waals surface area contributed by atoms with E-state index in [4.69, 9.17) is 0 Å². The van der Waals surface area contributed by atoms with Gasteiger partial charge in [-0.25, -0.2) is 4.39 Å². The molecular weight excluding hydrogens is 307 g/mol. The van der Waals surface area contributed by atoms with Crippen molar-refractivity contribution in [3.05, 3.63) is 65.5 Å². The zero-order valence-electron chi connectivity index (χ0n) is 13.4. The Morgan fingerprint density at radius 2 is 1.71 bits per heavy atom. The second kappa shape index (κ2) is 6.83. The number of hydrogen-bond donors (Lipinski definition) is 2. The van der Waals surface area contributed by atoms with Gasteiger partial charge in [-0.3, -0.25) is 9.59 Å². The Morgan fingerprint density at radius 3 is 2.42 bits per heavy atom. The zero-order chi connectivity index (χ0) is 17.1. The van der Waals surface area contributed by atoms with Crippen molar-refractivity contribution in [2.75, 3.05) is 5.32 Å². The van der Waals surface area contributed by atoms with Crippen molar-refractivity contribution >= 4 is 17.5 Å². The summed E-state index contributed by atoms with van der Waals surface area (Å²) in [5, 5.41) is 5.60. The molecule has 1 aliphatic carbocycles. The van der Waals surface area contributed by atoms with Crippen LogP contribution in [0.3, 0.4) is 0 Å². The monoisotopic (exact) mass is 326 g/mol. The van der Waals surface area contributed by atoms with E-state index in [-0.39, 0.29) is 29.5 Å². The lowest BCUT2D eigenvalue weighted by Crippen LogP contribution is -2.27. The highest BCUT2D eigenvalue weighted by molar-refractivity contribution is 5.99. The summed E-state index contributed by atoms with van der Waals surface area (Å²) in [6.07, 6.45) is 0.548. The molecule has 0 radical (unpaired) electrons. The number of nitrogens with one attached hydrogen (secondary N) is 2. The number of rotatable bonds is 5. The van der Waals surface area contributed by atoms with Gasteiger partial charge in [0.2, 0.25) is 11.8 Å². The topological polar surface area (TPSA) is 58.2 Å².